The molecule has 0 radical (unpaired) electrons. The van der Waals surface area contributed by atoms with Crippen molar-refractivity contribution >= 4 is 43.6 Å². The molecule has 3 rings (SSSR count). The maximum Gasteiger partial charge on any atom is 0.304 e. The third-order valence-corrected chi connectivity index (χ3v) is 8.89. The van der Waals surface area contributed by atoms with E-state index in [2.05, 4.69) is 21.2 Å². The number of carbonyl (C=O) groups is 2. The molecule has 2 atom stereocenters. The van der Waals surface area contributed by atoms with Crippen molar-refractivity contribution in [1.82, 2.24) is 14.5 Å². The Morgan fingerprint density at radius 1 is 0.900 bits per heavy atom. The molecule has 0 bridgehead atoms. The second kappa shape index (κ2) is 14.4. The topological polar surface area (TPSA) is 90.0 Å². The largest absolute Gasteiger partial charge is 0.352 e. The lowest BCUT2D eigenvalue weighted by molar-refractivity contribution is -0.140. The van der Waals surface area contributed by atoms with Gasteiger partial charge in [-0.25, -0.2) is 4.31 Å². The Kier molecular flexibility index (Phi) is 11.3. The molecule has 0 aliphatic carbocycles. The van der Waals surface area contributed by atoms with Crippen LogP contribution >= 0.6 is 15.9 Å². The van der Waals surface area contributed by atoms with Crippen LogP contribution in [0.25, 0.3) is 0 Å². The van der Waals surface area contributed by atoms with E-state index in [4.69, 9.17) is 0 Å². The number of para-hydroxylation sites is 1. The Bertz CT molecular complexity index is 1370. The van der Waals surface area contributed by atoms with E-state index < -0.39 is 28.7 Å². The predicted octanol–water partition coefficient (Wildman–Crippen LogP) is 4.62. The molecule has 214 valence electrons. The Morgan fingerprint density at radius 2 is 1.50 bits per heavy atom. The molecule has 0 spiro atoms. The van der Waals surface area contributed by atoms with Gasteiger partial charge in [0.05, 0.1) is 5.69 Å². The van der Waals surface area contributed by atoms with E-state index in [1.54, 1.807) is 30.3 Å². The van der Waals surface area contributed by atoms with Crippen molar-refractivity contribution in [3.05, 3.63) is 101 Å². The Hall–Kier alpha value is -3.21. The lowest BCUT2D eigenvalue weighted by atomic mass is 10.0. The average Bonchev–Trinajstić information content (AvgIpc) is 2.94. The molecule has 10 heteroatoms. The molecule has 1 N–H and O–H groups in total. The molecule has 0 fully saturated rings. The summed E-state index contributed by atoms with van der Waals surface area (Å²) in [5.74, 6) is -0.780. The first-order valence-electron chi connectivity index (χ1n) is 13.2. The van der Waals surface area contributed by atoms with Gasteiger partial charge in [0.1, 0.15) is 12.6 Å². The molecule has 2 amide bonds. The highest BCUT2D eigenvalue weighted by Crippen LogP contribution is 2.22. The van der Waals surface area contributed by atoms with Crippen molar-refractivity contribution in [3.63, 3.8) is 0 Å². The summed E-state index contributed by atoms with van der Waals surface area (Å²) in [4.78, 5) is 29.4. The van der Waals surface area contributed by atoms with E-state index in [-0.39, 0.29) is 24.9 Å². The van der Waals surface area contributed by atoms with Crippen LogP contribution in [0.5, 0.6) is 0 Å². The number of hydrogen-bond acceptors (Lipinski definition) is 4. The van der Waals surface area contributed by atoms with Crippen LogP contribution in [0, 0.1) is 0 Å². The first kappa shape index (κ1) is 31.3. The zero-order chi connectivity index (χ0) is 29.3. The average molecular weight is 630 g/mol. The molecule has 0 saturated carbocycles. The predicted molar refractivity (Wildman–Crippen MR) is 163 cm³/mol. The summed E-state index contributed by atoms with van der Waals surface area (Å²) >= 11 is 3.49. The molecule has 8 nitrogen and oxygen atoms in total. The van der Waals surface area contributed by atoms with Crippen molar-refractivity contribution in [2.75, 3.05) is 24.9 Å². The van der Waals surface area contributed by atoms with Crippen LogP contribution < -0.4 is 9.62 Å². The van der Waals surface area contributed by atoms with Gasteiger partial charge in [-0.3, -0.25) is 9.59 Å². The van der Waals surface area contributed by atoms with Crippen LogP contribution in [0.2, 0.25) is 0 Å². The molecule has 0 aromatic heterocycles. The minimum Gasteiger partial charge on any atom is -0.352 e. The zero-order valence-corrected chi connectivity index (χ0v) is 25.7. The summed E-state index contributed by atoms with van der Waals surface area (Å²) in [7, 11) is -1.17. The van der Waals surface area contributed by atoms with E-state index >= 15 is 0 Å². The summed E-state index contributed by atoms with van der Waals surface area (Å²) in [6.45, 7) is 3.54. The van der Waals surface area contributed by atoms with Crippen LogP contribution in [0.1, 0.15) is 31.4 Å². The van der Waals surface area contributed by atoms with Crippen molar-refractivity contribution in [3.8, 4) is 0 Å². The highest BCUT2D eigenvalue weighted by molar-refractivity contribution is 9.10. The van der Waals surface area contributed by atoms with Crippen LogP contribution in [-0.2, 0) is 32.8 Å². The van der Waals surface area contributed by atoms with Crippen LogP contribution in [-0.4, -0.2) is 62.2 Å². The number of hydrogen-bond donors (Lipinski definition) is 1. The van der Waals surface area contributed by atoms with Gasteiger partial charge in [-0.1, -0.05) is 83.5 Å². The minimum absolute atomic E-state index is 0.0940. The number of nitrogens with zero attached hydrogens (tertiary/aromatic N) is 3. The van der Waals surface area contributed by atoms with E-state index in [1.807, 2.05) is 68.4 Å². The summed E-state index contributed by atoms with van der Waals surface area (Å²) < 4.78 is 29.7. The van der Waals surface area contributed by atoms with Gasteiger partial charge in [0.2, 0.25) is 11.8 Å². The van der Waals surface area contributed by atoms with Gasteiger partial charge < -0.3 is 10.2 Å². The molecule has 0 aliphatic heterocycles. The Labute approximate surface area is 246 Å². The summed E-state index contributed by atoms with van der Waals surface area (Å²) in [6.07, 6.45) is 1.00. The van der Waals surface area contributed by atoms with E-state index in [1.165, 1.54) is 19.0 Å². The Balaban J connectivity index is 2.08. The van der Waals surface area contributed by atoms with Crippen molar-refractivity contribution in [2.24, 2.45) is 0 Å². The normalized spacial score (nSPS) is 12.9. The van der Waals surface area contributed by atoms with E-state index in [9.17, 15) is 18.0 Å². The number of nitrogens with one attached hydrogen (secondary N) is 1. The monoisotopic (exact) mass is 628 g/mol. The molecule has 3 aromatic rings. The molecule has 40 heavy (non-hydrogen) atoms. The summed E-state index contributed by atoms with van der Waals surface area (Å²) in [5.41, 5.74) is 2.05. The van der Waals surface area contributed by atoms with Crippen molar-refractivity contribution < 1.29 is 18.0 Å². The van der Waals surface area contributed by atoms with Gasteiger partial charge in [0.15, 0.2) is 0 Å². The van der Waals surface area contributed by atoms with Gasteiger partial charge >= 0.3 is 10.2 Å². The summed E-state index contributed by atoms with van der Waals surface area (Å²) in [6, 6.07) is 24.5. The number of anilines is 1. The standard InChI is InChI=1S/C30H37BrN4O4S/c1-5-23(2)32-30(37)28(20-24-13-8-6-9-14-24)34(21-25-15-12-16-26(31)19-25)29(36)22-35(40(38,39)33(3)4)27-17-10-7-11-18-27/h6-19,23,28H,5,20-22H2,1-4H3,(H,32,37). The lowest BCUT2D eigenvalue weighted by Gasteiger charge is -2.35. The van der Waals surface area contributed by atoms with Gasteiger partial charge in [0, 0.05) is 37.6 Å². The first-order valence-corrected chi connectivity index (χ1v) is 15.3. The van der Waals surface area contributed by atoms with Crippen LogP contribution in [0.4, 0.5) is 5.69 Å². The van der Waals surface area contributed by atoms with E-state index in [0.29, 0.717) is 5.69 Å². The van der Waals surface area contributed by atoms with Crippen molar-refractivity contribution in [1.29, 1.82) is 0 Å². The molecular formula is C30H37BrN4O4S. The van der Waals surface area contributed by atoms with Gasteiger partial charge in [-0.15, -0.1) is 0 Å². The number of carbonyl (C=O) groups excluding carboxylic acids is 2. The molecule has 2 unspecified atom stereocenters. The van der Waals surface area contributed by atoms with Gasteiger partial charge in [0.25, 0.3) is 0 Å². The second-order valence-electron chi connectivity index (χ2n) is 9.81. The Morgan fingerprint density at radius 3 is 2.08 bits per heavy atom. The molecule has 0 aliphatic rings. The highest BCUT2D eigenvalue weighted by atomic mass is 79.9. The van der Waals surface area contributed by atoms with E-state index in [0.717, 1.165) is 30.6 Å². The fraction of sp³-hybridized carbons (Fsp3) is 0.333. The number of halogens is 1. The van der Waals surface area contributed by atoms with Gasteiger partial charge in [-0.2, -0.15) is 12.7 Å². The number of benzene rings is 3. The SMILES string of the molecule is CCC(C)NC(=O)C(Cc1ccccc1)N(Cc1cccc(Br)c1)C(=O)CN(c1ccccc1)S(=O)(=O)N(C)C. The lowest BCUT2D eigenvalue weighted by Crippen LogP contribution is -2.55. The minimum atomic E-state index is -4.02. The number of amides is 2. The zero-order valence-electron chi connectivity index (χ0n) is 23.3. The third kappa shape index (κ3) is 8.39. The smallest absolute Gasteiger partial charge is 0.304 e. The fourth-order valence-corrected chi connectivity index (χ4v) is 5.64. The molecule has 0 heterocycles. The first-order chi connectivity index (χ1) is 19.0. The third-order valence-electron chi connectivity index (χ3n) is 6.58. The maximum atomic E-state index is 14.2. The summed E-state index contributed by atoms with van der Waals surface area (Å²) in [5, 5.41) is 3.03. The molecular weight excluding hydrogens is 592 g/mol. The quantitative estimate of drug-likeness (QED) is 0.299. The molecule has 3 aromatic carbocycles. The second-order valence-corrected chi connectivity index (χ2v) is 12.8. The van der Waals surface area contributed by atoms with Crippen LogP contribution in [0.3, 0.4) is 0 Å². The van der Waals surface area contributed by atoms with Crippen LogP contribution in [0.15, 0.2) is 89.4 Å². The molecule has 0 saturated heterocycles. The maximum absolute atomic E-state index is 14.2. The van der Waals surface area contributed by atoms with Crippen molar-refractivity contribution in [2.45, 2.75) is 45.3 Å². The fourth-order valence-electron chi connectivity index (χ4n) is 4.14. The highest BCUT2D eigenvalue weighted by Gasteiger charge is 2.35. The number of rotatable bonds is 13. The van der Waals surface area contributed by atoms with Gasteiger partial charge in [-0.05, 0) is 48.7 Å².